The van der Waals surface area contributed by atoms with Crippen LogP contribution in [-0.4, -0.2) is 105 Å². The lowest BCUT2D eigenvalue weighted by atomic mass is 9.42. The quantitative estimate of drug-likeness (QED) is 0.167. The summed E-state index contributed by atoms with van der Waals surface area (Å²) in [7, 11) is -4.74. The summed E-state index contributed by atoms with van der Waals surface area (Å²) in [5.74, 6) is -0.158. The van der Waals surface area contributed by atoms with Gasteiger partial charge in [-0.25, -0.2) is 4.18 Å². The third-order valence-electron chi connectivity index (χ3n) is 13.1. The minimum absolute atomic E-state index is 0.0262. The van der Waals surface area contributed by atoms with Gasteiger partial charge in [-0.15, -0.1) is 0 Å². The Morgan fingerprint density at radius 1 is 0.911 bits per heavy atom. The molecule has 0 radical (unpaired) electrons. The molecule has 1 aliphatic heterocycles. The van der Waals surface area contributed by atoms with Crippen LogP contribution in [0.1, 0.15) is 92.4 Å². The molecule has 13 heteroatoms. The van der Waals surface area contributed by atoms with Crippen molar-refractivity contribution in [1.82, 2.24) is 0 Å². The highest BCUT2D eigenvalue weighted by Gasteiger charge is 2.70. The number of hydrogen-bond donors (Lipinski definition) is 7. The van der Waals surface area contributed by atoms with E-state index < -0.39 is 65.5 Å². The Bertz CT molecular complexity index is 1150. The Balaban J connectivity index is 1.25. The zero-order valence-corrected chi connectivity index (χ0v) is 28.1. The van der Waals surface area contributed by atoms with Gasteiger partial charge < -0.3 is 40.1 Å². The molecule has 1 heterocycles. The van der Waals surface area contributed by atoms with Crippen molar-refractivity contribution in [2.24, 2.45) is 46.3 Å². The largest absolute Gasteiger partial charge is 0.397 e. The molecule has 5 aliphatic rings. The molecule has 16 atom stereocenters. The van der Waals surface area contributed by atoms with Crippen LogP contribution in [0.15, 0.2) is 0 Å². The number of fused-ring (bicyclic) bond motifs is 5. The Kier molecular flexibility index (Phi) is 10.2. The third kappa shape index (κ3) is 6.50. The molecule has 0 aromatic heterocycles. The van der Waals surface area contributed by atoms with Gasteiger partial charge in [0.15, 0.2) is 6.29 Å². The second-order valence-corrected chi connectivity index (χ2v) is 17.1. The monoisotopic (exact) mass is 664 g/mol. The maximum absolute atomic E-state index is 12.5. The standard InChI is InChI=1S/C32H56O12S/c1-16(2)23(43-29-27(37)26(36)24(44-29)15-42-45(39,40)41)7-6-17(3)19-13-21(34)28-31(19,5)11-9-25-30(4)10-8-18(33)12-20(30)22(35)14-32(25,28)38/h16-29,33-38H,6-15H2,1-5H3,(H,39,40,41)/t17-,18+,19-,20?,21-,22+,23+,24+,25?,26-,27+,28?,29+,30+,31-,32+/m1/s1. The molecular formula is C32H56O12S. The maximum atomic E-state index is 12.5. The zero-order chi connectivity index (χ0) is 33.3. The number of aliphatic hydroxyl groups is 6. The van der Waals surface area contributed by atoms with Crippen LogP contribution in [0.2, 0.25) is 0 Å². The summed E-state index contributed by atoms with van der Waals surface area (Å²) in [5.41, 5.74) is -1.81. The summed E-state index contributed by atoms with van der Waals surface area (Å²) in [6, 6.07) is 0. The van der Waals surface area contributed by atoms with Gasteiger partial charge in [0.05, 0.1) is 36.6 Å². The minimum Gasteiger partial charge on any atom is -0.393 e. The van der Waals surface area contributed by atoms with Crippen LogP contribution in [0.3, 0.4) is 0 Å². The van der Waals surface area contributed by atoms with E-state index in [1.54, 1.807) is 0 Å². The lowest BCUT2D eigenvalue weighted by Gasteiger charge is -2.66. The molecule has 3 unspecified atom stereocenters. The number of ether oxygens (including phenoxy) is 2. The SMILES string of the molecule is CC(C)[C@H](CC[C@@H](C)[C@H]1C[C@@H](O)C2[C@]3(O)C[C@H](O)C4C[C@@H](O)CC[C@]4(C)C3CC[C@@]21C)O[C@H]1O[C@@H](COS(=O)(=O)O)[C@@H](O)[C@@H]1O. The van der Waals surface area contributed by atoms with Crippen molar-refractivity contribution < 1.29 is 57.3 Å². The highest BCUT2D eigenvalue weighted by atomic mass is 32.3. The van der Waals surface area contributed by atoms with E-state index in [2.05, 4.69) is 25.0 Å². The van der Waals surface area contributed by atoms with Gasteiger partial charge in [0.1, 0.15) is 18.3 Å². The summed E-state index contributed by atoms with van der Waals surface area (Å²) >= 11 is 0. The summed E-state index contributed by atoms with van der Waals surface area (Å²) in [6.07, 6.45) is -1.73. The van der Waals surface area contributed by atoms with Crippen LogP contribution in [-0.2, 0) is 24.1 Å². The lowest BCUT2D eigenvalue weighted by molar-refractivity contribution is -0.263. The van der Waals surface area contributed by atoms with E-state index >= 15 is 0 Å². The zero-order valence-electron chi connectivity index (χ0n) is 27.2. The molecule has 4 saturated carbocycles. The fraction of sp³-hybridized carbons (Fsp3) is 1.00. The van der Waals surface area contributed by atoms with Crippen molar-refractivity contribution in [2.45, 2.75) is 147 Å². The predicted octanol–water partition coefficient (Wildman–Crippen LogP) is 1.79. The molecule has 5 fully saturated rings. The fourth-order valence-electron chi connectivity index (χ4n) is 10.9. The van der Waals surface area contributed by atoms with E-state index in [0.29, 0.717) is 25.7 Å². The van der Waals surface area contributed by atoms with Crippen molar-refractivity contribution >= 4 is 10.4 Å². The highest BCUT2D eigenvalue weighted by molar-refractivity contribution is 7.80. The second kappa shape index (κ2) is 12.8. The normalized spacial score (nSPS) is 49.8. The Hall–Kier alpha value is -0.450. The second-order valence-electron chi connectivity index (χ2n) is 16.0. The van der Waals surface area contributed by atoms with Crippen molar-refractivity contribution in [3.63, 3.8) is 0 Å². The van der Waals surface area contributed by atoms with Crippen molar-refractivity contribution in [3.05, 3.63) is 0 Å². The smallest absolute Gasteiger partial charge is 0.393 e. The molecule has 45 heavy (non-hydrogen) atoms. The lowest BCUT2D eigenvalue weighted by Crippen LogP contribution is -2.68. The number of aliphatic hydroxyl groups excluding tert-OH is 5. The first-order chi connectivity index (χ1) is 20.8. The maximum Gasteiger partial charge on any atom is 0.397 e. The van der Waals surface area contributed by atoms with E-state index in [1.165, 1.54) is 0 Å². The Morgan fingerprint density at radius 3 is 2.22 bits per heavy atom. The van der Waals surface area contributed by atoms with Gasteiger partial charge in [0, 0.05) is 12.3 Å². The van der Waals surface area contributed by atoms with Crippen molar-refractivity contribution in [3.8, 4) is 0 Å². The van der Waals surface area contributed by atoms with Crippen LogP contribution in [0.25, 0.3) is 0 Å². The molecule has 0 spiro atoms. The minimum atomic E-state index is -4.74. The Labute approximate surface area is 267 Å². The fourth-order valence-corrected chi connectivity index (χ4v) is 11.2. The Morgan fingerprint density at radius 2 is 1.58 bits per heavy atom. The van der Waals surface area contributed by atoms with Crippen molar-refractivity contribution in [2.75, 3.05) is 6.61 Å². The molecule has 0 aromatic rings. The third-order valence-corrected chi connectivity index (χ3v) is 13.5. The first-order valence-corrected chi connectivity index (χ1v) is 18.2. The van der Waals surface area contributed by atoms with Gasteiger partial charge in [-0.05, 0) is 91.8 Å². The van der Waals surface area contributed by atoms with Gasteiger partial charge in [-0.1, -0.05) is 34.6 Å². The molecular weight excluding hydrogens is 608 g/mol. The molecule has 5 rings (SSSR count). The topological polar surface area (TPSA) is 203 Å². The van der Waals surface area contributed by atoms with Gasteiger partial charge in [0.25, 0.3) is 0 Å². The first kappa shape index (κ1) is 35.8. The van der Waals surface area contributed by atoms with Gasteiger partial charge in [-0.3, -0.25) is 4.55 Å². The average molecular weight is 665 g/mol. The van der Waals surface area contributed by atoms with Crippen LogP contribution in [0.4, 0.5) is 0 Å². The van der Waals surface area contributed by atoms with E-state index in [9.17, 15) is 39.1 Å². The van der Waals surface area contributed by atoms with E-state index in [0.717, 1.165) is 25.7 Å². The van der Waals surface area contributed by atoms with Gasteiger partial charge in [-0.2, -0.15) is 8.42 Å². The predicted molar refractivity (Wildman–Crippen MR) is 162 cm³/mol. The van der Waals surface area contributed by atoms with Crippen LogP contribution in [0, 0.1) is 46.3 Å². The highest BCUT2D eigenvalue weighted by Crippen LogP contribution is 2.69. The number of hydrogen-bond acceptors (Lipinski definition) is 11. The average Bonchev–Trinajstić information content (AvgIpc) is 3.37. The first-order valence-electron chi connectivity index (χ1n) is 16.9. The molecule has 4 aliphatic carbocycles. The summed E-state index contributed by atoms with van der Waals surface area (Å²) in [5, 5.41) is 66.7. The summed E-state index contributed by atoms with van der Waals surface area (Å²) in [4.78, 5) is 0. The van der Waals surface area contributed by atoms with E-state index in [-0.39, 0.29) is 58.9 Å². The van der Waals surface area contributed by atoms with Crippen LogP contribution >= 0.6 is 0 Å². The summed E-state index contributed by atoms with van der Waals surface area (Å²) < 4.78 is 46.8. The molecule has 0 amide bonds. The van der Waals surface area contributed by atoms with Crippen LogP contribution in [0.5, 0.6) is 0 Å². The summed E-state index contributed by atoms with van der Waals surface area (Å²) in [6.45, 7) is 9.82. The van der Waals surface area contributed by atoms with Gasteiger partial charge in [0.2, 0.25) is 0 Å². The molecule has 0 bridgehead atoms. The molecule has 12 nitrogen and oxygen atoms in total. The number of rotatable bonds is 10. The van der Waals surface area contributed by atoms with Crippen molar-refractivity contribution in [1.29, 1.82) is 0 Å². The van der Waals surface area contributed by atoms with Crippen LogP contribution < -0.4 is 0 Å². The van der Waals surface area contributed by atoms with E-state index in [4.69, 9.17) is 14.0 Å². The van der Waals surface area contributed by atoms with E-state index in [1.807, 2.05) is 13.8 Å². The molecule has 0 aromatic carbocycles. The van der Waals surface area contributed by atoms with Gasteiger partial charge >= 0.3 is 10.4 Å². The molecule has 262 valence electrons. The molecule has 7 N–H and O–H groups in total. The molecule has 1 saturated heterocycles.